The van der Waals surface area contributed by atoms with E-state index >= 15 is 0 Å². The van der Waals surface area contributed by atoms with Crippen LogP contribution in [0.1, 0.15) is 47.8 Å². The van der Waals surface area contributed by atoms with Crippen molar-refractivity contribution in [2.45, 2.75) is 20.8 Å². The molecule has 0 fully saturated rings. The van der Waals surface area contributed by atoms with Gasteiger partial charge in [0.2, 0.25) is 0 Å². The molecule has 0 amide bonds. The highest BCUT2D eigenvalue weighted by molar-refractivity contribution is 6.46. The first-order valence-electron chi connectivity index (χ1n) is 14.4. The number of carbonyl (C=O) groups is 3. The van der Waals surface area contributed by atoms with E-state index < -0.39 is 66.4 Å². The van der Waals surface area contributed by atoms with Crippen LogP contribution in [0.4, 0.5) is 0 Å². The topological polar surface area (TPSA) is 238 Å². The number of H-pyrrole nitrogens is 3. The van der Waals surface area contributed by atoms with Crippen molar-refractivity contribution >= 4 is 65.8 Å². The van der Waals surface area contributed by atoms with Crippen molar-refractivity contribution in [1.29, 1.82) is 0 Å². The number of aromatic hydroxyl groups is 3. The number of phenols is 3. The molecular formula is C33H24AlN3O12. The van der Waals surface area contributed by atoms with Crippen LogP contribution in [-0.2, 0) is 11.4 Å². The zero-order valence-electron chi connectivity index (χ0n) is 25.8. The van der Waals surface area contributed by atoms with Crippen LogP contribution < -0.4 is 16.7 Å². The van der Waals surface area contributed by atoms with Crippen molar-refractivity contribution in [3.05, 3.63) is 119 Å². The van der Waals surface area contributed by atoms with Crippen molar-refractivity contribution in [3.63, 3.8) is 0 Å². The van der Waals surface area contributed by atoms with Gasteiger partial charge < -0.3 is 41.6 Å². The Hall–Kier alpha value is -6.37. The first-order chi connectivity index (χ1) is 23.3. The Morgan fingerprint density at radius 3 is 1.04 bits per heavy atom. The summed E-state index contributed by atoms with van der Waals surface area (Å²) in [6.45, 7) is 4.22. The van der Waals surface area contributed by atoms with Crippen LogP contribution in [0, 0.1) is 20.8 Å². The minimum Gasteiger partial charge on any atom is -0.547 e. The van der Waals surface area contributed by atoms with E-state index in [4.69, 9.17) is 11.4 Å². The van der Waals surface area contributed by atoms with Crippen molar-refractivity contribution in [3.8, 4) is 17.2 Å². The summed E-state index contributed by atoms with van der Waals surface area (Å²) < 4.78 is 16.1. The molecule has 6 rings (SSSR count). The maximum Gasteiger partial charge on any atom is 1.20 e. The second-order valence-electron chi connectivity index (χ2n) is 11.0. The molecule has 3 aromatic carbocycles. The lowest BCUT2D eigenvalue weighted by Gasteiger charge is -2.16. The van der Waals surface area contributed by atoms with Crippen LogP contribution in [0.15, 0.2) is 69.0 Å². The summed E-state index contributed by atoms with van der Waals surface area (Å²) in [5, 5.41) is 31.4. The van der Waals surface area contributed by atoms with Gasteiger partial charge in [-0.3, -0.25) is 14.4 Å². The Labute approximate surface area is 278 Å². The van der Waals surface area contributed by atoms with E-state index in [0.29, 0.717) is 0 Å². The lowest BCUT2D eigenvalue weighted by Crippen LogP contribution is -2.39. The lowest BCUT2D eigenvalue weighted by molar-refractivity contribution is 0.0407. The molecule has 0 aliphatic heterocycles. The molecule has 0 bridgehead atoms. The van der Waals surface area contributed by atoms with E-state index in [0.717, 1.165) is 0 Å². The SMILES string of the molecule is Cc1c(C(=O)[O][Al]([O]C(=O)c2c(C)c3cccc(O)c3[nH]c2=O)[O]C(=O)c2c(C)c3cccc(O)c3[nH]c2=O)c(=O)[nH]c2c(O)cccc12. The molecule has 246 valence electrons. The third-order valence-corrected chi connectivity index (χ3v) is 9.30. The molecule has 0 aliphatic rings. The number of carbonyl (C=O) groups excluding carboxylic acids is 3. The number of phenolic OH excluding ortho intramolecular Hbond substituents is 3. The maximum absolute atomic E-state index is 13.5. The van der Waals surface area contributed by atoms with Gasteiger partial charge >= 0.3 is 33.1 Å². The molecule has 3 heterocycles. The first-order valence-corrected chi connectivity index (χ1v) is 15.9. The second kappa shape index (κ2) is 12.3. The van der Waals surface area contributed by atoms with Crippen LogP contribution in [-0.4, -0.2) is 63.3 Å². The second-order valence-corrected chi connectivity index (χ2v) is 12.3. The van der Waals surface area contributed by atoms with Gasteiger partial charge in [0.1, 0.15) is 33.9 Å². The van der Waals surface area contributed by atoms with Gasteiger partial charge in [-0.05, 0) is 55.7 Å². The molecule has 0 radical (unpaired) electrons. The zero-order chi connectivity index (χ0) is 35.3. The summed E-state index contributed by atoms with van der Waals surface area (Å²) in [7, 11) is 0. The smallest absolute Gasteiger partial charge is 0.547 e. The molecule has 6 aromatic rings. The van der Waals surface area contributed by atoms with Crippen molar-refractivity contribution < 1.29 is 41.1 Å². The summed E-state index contributed by atoms with van der Waals surface area (Å²) in [4.78, 5) is 86.7. The highest BCUT2D eigenvalue weighted by Gasteiger charge is 2.51. The standard InChI is InChI=1S/3C11H9NO4.Al/c3*1-5-6-3-2-4-7(13)9(6)12-10(14)8(5)11(15)16;/h3*2-4,13H,1H3,(H,12,14)(H,15,16);/q;;;+3/p-3. The number of rotatable bonds is 6. The number of nitrogens with one attached hydrogen (secondary N) is 3. The predicted molar refractivity (Wildman–Crippen MR) is 175 cm³/mol. The Balaban J connectivity index is 1.42. The van der Waals surface area contributed by atoms with E-state index in [1.165, 1.54) is 75.4 Å². The van der Waals surface area contributed by atoms with Gasteiger partial charge in [0, 0.05) is 16.2 Å². The fraction of sp³-hybridized carbons (Fsp3) is 0.0909. The average Bonchev–Trinajstić information content (AvgIpc) is 3.03. The van der Waals surface area contributed by atoms with Gasteiger partial charge in [0.05, 0.1) is 16.6 Å². The molecule has 0 saturated carbocycles. The lowest BCUT2D eigenvalue weighted by atomic mass is 10.0. The fourth-order valence-corrected chi connectivity index (χ4v) is 6.67. The molecule has 0 spiro atoms. The van der Waals surface area contributed by atoms with Gasteiger partial charge in [0.15, 0.2) is 0 Å². The molecule has 0 saturated heterocycles. The number of hydrogen-bond acceptors (Lipinski definition) is 12. The molecular weight excluding hydrogens is 657 g/mol. The summed E-state index contributed by atoms with van der Waals surface area (Å²) in [5.74, 6) is -4.90. The van der Waals surface area contributed by atoms with Gasteiger partial charge in [-0.2, -0.15) is 0 Å². The van der Waals surface area contributed by atoms with Gasteiger partial charge in [-0.1, -0.05) is 36.4 Å². The monoisotopic (exact) mass is 681 g/mol. The minimum atomic E-state index is -4.41. The van der Waals surface area contributed by atoms with Crippen molar-refractivity contribution in [2.75, 3.05) is 0 Å². The molecule has 0 aliphatic carbocycles. The van der Waals surface area contributed by atoms with Gasteiger partial charge in [-0.15, -0.1) is 0 Å². The number of pyridine rings is 3. The first kappa shape index (κ1) is 32.6. The Bertz CT molecular complexity index is 2300. The Morgan fingerprint density at radius 1 is 0.510 bits per heavy atom. The van der Waals surface area contributed by atoms with Crippen molar-refractivity contribution in [2.24, 2.45) is 0 Å². The molecule has 0 unspecified atom stereocenters. The molecule has 0 atom stereocenters. The number of aromatic amines is 3. The number of hydrogen-bond donors (Lipinski definition) is 6. The quantitative estimate of drug-likeness (QED) is 0.139. The van der Waals surface area contributed by atoms with Gasteiger partial charge in [-0.25, -0.2) is 14.4 Å². The van der Waals surface area contributed by atoms with E-state index in [1.54, 1.807) is 0 Å². The molecule has 6 N–H and O–H groups in total. The minimum absolute atomic E-state index is 0.0438. The maximum atomic E-state index is 13.5. The number of benzene rings is 3. The third kappa shape index (κ3) is 5.64. The van der Waals surface area contributed by atoms with Gasteiger partial charge in [0.25, 0.3) is 16.7 Å². The van der Waals surface area contributed by atoms with Crippen LogP contribution in [0.3, 0.4) is 0 Å². The summed E-state index contributed by atoms with van der Waals surface area (Å²) in [5.41, 5.74) is -4.27. The average molecular weight is 682 g/mol. The van der Waals surface area contributed by atoms with Crippen LogP contribution >= 0.6 is 0 Å². The number of aromatic nitrogens is 3. The normalized spacial score (nSPS) is 11.1. The van der Waals surface area contributed by atoms with Crippen LogP contribution in [0.2, 0.25) is 0 Å². The molecule has 16 heteroatoms. The fourth-order valence-electron chi connectivity index (χ4n) is 5.64. The molecule has 15 nitrogen and oxygen atoms in total. The summed E-state index contributed by atoms with van der Waals surface area (Å²) in [6.07, 6.45) is 0. The Morgan fingerprint density at radius 2 is 0.776 bits per heavy atom. The number of fused-ring (bicyclic) bond motifs is 3. The summed E-state index contributed by atoms with van der Waals surface area (Å²) >= 11 is -4.41. The van der Waals surface area contributed by atoms with E-state index in [1.807, 2.05) is 0 Å². The van der Waals surface area contributed by atoms with E-state index in [2.05, 4.69) is 15.0 Å². The zero-order valence-corrected chi connectivity index (χ0v) is 26.9. The summed E-state index contributed by atoms with van der Waals surface area (Å²) in [6, 6.07) is 13.0. The Kier molecular flexibility index (Phi) is 8.20. The molecule has 49 heavy (non-hydrogen) atoms. The number of para-hydroxylation sites is 3. The largest absolute Gasteiger partial charge is 1.20 e. The molecule has 3 aromatic heterocycles. The number of aryl methyl sites for hydroxylation is 3. The predicted octanol–water partition coefficient (Wildman–Crippen LogP) is 3.11. The van der Waals surface area contributed by atoms with Crippen LogP contribution in [0.25, 0.3) is 32.7 Å². The van der Waals surface area contributed by atoms with E-state index in [-0.39, 0.29) is 66.6 Å². The van der Waals surface area contributed by atoms with Crippen molar-refractivity contribution in [1.82, 2.24) is 15.0 Å². The third-order valence-electron chi connectivity index (χ3n) is 8.08. The van der Waals surface area contributed by atoms with E-state index in [9.17, 15) is 44.1 Å². The highest BCUT2D eigenvalue weighted by Crippen LogP contribution is 2.28. The van der Waals surface area contributed by atoms with Crippen LogP contribution in [0.5, 0.6) is 17.2 Å². The highest BCUT2D eigenvalue weighted by atomic mass is 27.3.